The fourth-order valence-electron chi connectivity index (χ4n) is 2.09. The SMILES string of the molecule is Cc1c(N)cc(Br)cc1S(=O)(=O)N(CCC#N)C1CC1. The molecule has 5 nitrogen and oxygen atoms in total. The van der Waals surface area contributed by atoms with Crippen molar-refractivity contribution in [2.24, 2.45) is 0 Å². The van der Waals surface area contributed by atoms with E-state index in [2.05, 4.69) is 15.9 Å². The van der Waals surface area contributed by atoms with Gasteiger partial charge in [-0.2, -0.15) is 9.57 Å². The zero-order chi connectivity index (χ0) is 14.9. The Bertz CT molecular complexity index is 663. The number of nitriles is 1. The Morgan fingerprint density at radius 3 is 2.70 bits per heavy atom. The second-order valence-corrected chi connectivity index (χ2v) is 7.65. The Kier molecular flexibility index (Phi) is 4.37. The van der Waals surface area contributed by atoms with Crippen LogP contribution in [0.3, 0.4) is 0 Å². The predicted molar refractivity (Wildman–Crippen MR) is 80.4 cm³/mol. The maximum Gasteiger partial charge on any atom is 0.243 e. The van der Waals surface area contributed by atoms with Gasteiger partial charge in [-0.1, -0.05) is 15.9 Å². The van der Waals surface area contributed by atoms with Crippen molar-refractivity contribution in [3.63, 3.8) is 0 Å². The fraction of sp³-hybridized carbons (Fsp3) is 0.462. The van der Waals surface area contributed by atoms with Gasteiger partial charge in [0.2, 0.25) is 10.0 Å². The normalized spacial score (nSPS) is 15.3. The fourth-order valence-corrected chi connectivity index (χ4v) is 4.69. The molecule has 108 valence electrons. The second-order valence-electron chi connectivity index (χ2n) is 4.87. The molecule has 0 spiro atoms. The van der Waals surface area contributed by atoms with Gasteiger partial charge in [0.25, 0.3) is 0 Å². The molecular formula is C13H16BrN3O2S. The molecule has 1 aliphatic carbocycles. The maximum atomic E-state index is 12.8. The average molecular weight is 358 g/mol. The lowest BCUT2D eigenvalue weighted by molar-refractivity contribution is 0.410. The Morgan fingerprint density at radius 1 is 1.50 bits per heavy atom. The van der Waals surface area contributed by atoms with Gasteiger partial charge in [-0.15, -0.1) is 0 Å². The molecule has 0 heterocycles. The molecule has 0 bridgehead atoms. The number of hydrogen-bond donors (Lipinski definition) is 1. The van der Waals surface area contributed by atoms with Gasteiger partial charge in [-0.3, -0.25) is 0 Å². The summed E-state index contributed by atoms with van der Waals surface area (Å²) in [6.07, 6.45) is 1.90. The summed E-state index contributed by atoms with van der Waals surface area (Å²) in [5, 5.41) is 8.70. The molecule has 0 unspecified atom stereocenters. The lowest BCUT2D eigenvalue weighted by Gasteiger charge is -2.22. The van der Waals surface area contributed by atoms with Crippen LogP contribution in [0.1, 0.15) is 24.8 Å². The maximum absolute atomic E-state index is 12.8. The van der Waals surface area contributed by atoms with Crippen LogP contribution >= 0.6 is 15.9 Å². The molecule has 20 heavy (non-hydrogen) atoms. The quantitative estimate of drug-likeness (QED) is 0.819. The molecule has 0 aromatic heterocycles. The van der Waals surface area contributed by atoms with Crippen molar-refractivity contribution in [3.05, 3.63) is 22.2 Å². The molecule has 7 heteroatoms. The van der Waals surface area contributed by atoms with Crippen LogP contribution in [0.15, 0.2) is 21.5 Å². The molecule has 0 aliphatic heterocycles. The Morgan fingerprint density at radius 2 is 2.15 bits per heavy atom. The molecule has 2 rings (SSSR count). The van der Waals surface area contributed by atoms with E-state index in [1.54, 1.807) is 19.1 Å². The van der Waals surface area contributed by atoms with Crippen molar-refractivity contribution in [3.8, 4) is 6.07 Å². The molecule has 0 radical (unpaired) electrons. The molecule has 0 amide bonds. The molecule has 0 saturated heterocycles. The van der Waals surface area contributed by atoms with E-state index >= 15 is 0 Å². The van der Waals surface area contributed by atoms with Gasteiger partial charge in [-0.05, 0) is 37.5 Å². The van der Waals surface area contributed by atoms with Crippen LogP contribution in [-0.4, -0.2) is 25.3 Å². The highest BCUT2D eigenvalue weighted by atomic mass is 79.9. The molecule has 2 N–H and O–H groups in total. The van der Waals surface area contributed by atoms with E-state index in [-0.39, 0.29) is 23.9 Å². The molecule has 0 atom stereocenters. The highest BCUT2D eigenvalue weighted by molar-refractivity contribution is 9.10. The summed E-state index contributed by atoms with van der Waals surface area (Å²) in [7, 11) is -3.61. The van der Waals surface area contributed by atoms with Gasteiger partial charge < -0.3 is 5.73 Å². The van der Waals surface area contributed by atoms with Gasteiger partial charge in [0.05, 0.1) is 11.0 Å². The highest BCUT2D eigenvalue weighted by Gasteiger charge is 2.38. The lowest BCUT2D eigenvalue weighted by atomic mass is 10.2. The smallest absolute Gasteiger partial charge is 0.243 e. The third-order valence-corrected chi connectivity index (χ3v) is 5.89. The van der Waals surface area contributed by atoms with Crippen molar-refractivity contribution in [1.82, 2.24) is 4.31 Å². The number of nitrogen functional groups attached to an aromatic ring is 1. The zero-order valence-corrected chi connectivity index (χ0v) is 13.5. The lowest BCUT2D eigenvalue weighted by Crippen LogP contribution is -2.34. The first-order valence-electron chi connectivity index (χ1n) is 6.32. The third-order valence-electron chi connectivity index (χ3n) is 3.35. The summed E-state index contributed by atoms with van der Waals surface area (Å²) >= 11 is 3.28. The van der Waals surface area contributed by atoms with E-state index in [1.165, 1.54) is 4.31 Å². The number of nitrogens with two attached hydrogens (primary N) is 1. The van der Waals surface area contributed by atoms with Crippen molar-refractivity contribution in [2.45, 2.75) is 37.1 Å². The second kappa shape index (κ2) is 5.72. The molecule has 1 saturated carbocycles. The minimum atomic E-state index is -3.61. The number of benzene rings is 1. The first kappa shape index (κ1) is 15.3. The summed E-state index contributed by atoms with van der Waals surface area (Å²) in [5.74, 6) is 0. The number of nitrogens with zero attached hydrogens (tertiary/aromatic N) is 2. The van der Waals surface area contributed by atoms with Crippen molar-refractivity contribution in [1.29, 1.82) is 5.26 Å². The van der Waals surface area contributed by atoms with E-state index in [4.69, 9.17) is 11.0 Å². The van der Waals surface area contributed by atoms with Crippen molar-refractivity contribution >= 4 is 31.6 Å². The first-order chi connectivity index (χ1) is 9.37. The van der Waals surface area contributed by atoms with Crippen LogP contribution in [0, 0.1) is 18.3 Å². The van der Waals surface area contributed by atoms with Gasteiger partial charge in [0.1, 0.15) is 0 Å². The largest absolute Gasteiger partial charge is 0.398 e. The van der Waals surface area contributed by atoms with Crippen LogP contribution in [0.2, 0.25) is 0 Å². The van der Waals surface area contributed by atoms with Gasteiger partial charge >= 0.3 is 0 Å². The van der Waals surface area contributed by atoms with E-state index in [0.717, 1.165) is 12.8 Å². The van der Waals surface area contributed by atoms with Gasteiger partial charge in [-0.25, -0.2) is 8.42 Å². The standard InChI is InChI=1S/C13H16BrN3O2S/c1-9-12(16)7-10(14)8-13(9)20(18,19)17(6-2-5-15)11-3-4-11/h7-8,11H,2-4,6,16H2,1H3. The highest BCUT2D eigenvalue weighted by Crippen LogP contribution is 2.35. The van der Waals surface area contributed by atoms with Crippen LogP contribution in [0.25, 0.3) is 0 Å². The molecule has 1 aliphatic rings. The van der Waals surface area contributed by atoms with E-state index in [9.17, 15) is 8.42 Å². The minimum Gasteiger partial charge on any atom is -0.398 e. The predicted octanol–water partition coefficient (Wildman–Crippen LogP) is 2.41. The Balaban J connectivity index is 2.45. The summed E-state index contributed by atoms with van der Waals surface area (Å²) in [6, 6.07) is 5.28. The number of rotatable bonds is 5. The first-order valence-corrected chi connectivity index (χ1v) is 8.55. The van der Waals surface area contributed by atoms with Crippen LogP contribution < -0.4 is 5.73 Å². The average Bonchev–Trinajstić information content (AvgIpc) is 3.18. The van der Waals surface area contributed by atoms with E-state index in [1.807, 2.05) is 6.07 Å². The molecule has 1 fully saturated rings. The zero-order valence-electron chi connectivity index (χ0n) is 11.1. The Hall–Kier alpha value is -1.10. The number of sulfonamides is 1. The number of hydrogen-bond acceptors (Lipinski definition) is 4. The number of halogens is 1. The minimum absolute atomic E-state index is 0.0213. The summed E-state index contributed by atoms with van der Waals surface area (Å²) in [5.41, 5.74) is 6.84. The Labute approximate surface area is 127 Å². The van der Waals surface area contributed by atoms with E-state index in [0.29, 0.717) is 15.7 Å². The van der Waals surface area contributed by atoms with Gasteiger partial charge in [0, 0.05) is 29.2 Å². The van der Waals surface area contributed by atoms with Crippen LogP contribution in [0.5, 0.6) is 0 Å². The molecule has 1 aromatic carbocycles. The van der Waals surface area contributed by atoms with Crippen molar-refractivity contribution < 1.29 is 8.42 Å². The summed E-state index contributed by atoms with van der Waals surface area (Å²) < 4.78 is 27.6. The van der Waals surface area contributed by atoms with Crippen LogP contribution in [0.4, 0.5) is 5.69 Å². The summed E-state index contributed by atoms with van der Waals surface area (Å²) in [4.78, 5) is 0.217. The van der Waals surface area contributed by atoms with Crippen LogP contribution in [-0.2, 0) is 10.0 Å². The molecule has 1 aromatic rings. The molecular weight excluding hydrogens is 342 g/mol. The monoisotopic (exact) mass is 357 g/mol. The summed E-state index contributed by atoms with van der Waals surface area (Å²) in [6.45, 7) is 1.93. The van der Waals surface area contributed by atoms with E-state index < -0.39 is 10.0 Å². The van der Waals surface area contributed by atoms with Crippen molar-refractivity contribution in [2.75, 3.05) is 12.3 Å². The topological polar surface area (TPSA) is 87.2 Å². The third kappa shape index (κ3) is 2.97. The number of anilines is 1. The van der Waals surface area contributed by atoms with Gasteiger partial charge in [0.15, 0.2) is 0 Å².